The molecular formula is C15H26N2O3. The summed E-state index contributed by atoms with van der Waals surface area (Å²) in [6.07, 6.45) is 4.85. The van der Waals surface area contributed by atoms with Gasteiger partial charge in [-0.25, -0.2) is 0 Å². The van der Waals surface area contributed by atoms with Gasteiger partial charge in [-0.3, -0.25) is 9.59 Å². The van der Waals surface area contributed by atoms with Crippen LogP contribution < -0.4 is 5.32 Å². The van der Waals surface area contributed by atoms with Gasteiger partial charge in [0, 0.05) is 38.9 Å². The fourth-order valence-corrected chi connectivity index (χ4v) is 2.91. The summed E-state index contributed by atoms with van der Waals surface area (Å²) < 4.78 is 0. The third-order valence-electron chi connectivity index (χ3n) is 4.24. The van der Waals surface area contributed by atoms with Crippen molar-refractivity contribution >= 4 is 18.1 Å². The number of rotatable bonds is 6. The van der Waals surface area contributed by atoms with Crippen LogP contribution in [0.2, 0.25) is 0 Å². The molecule has 5 nitrogen and oxygen atoms in total. The minimum Gasteiger partial charge on any atom is -0.359 e. The number of nitrogens with zero attached hydrogens (tertiary/aromatic N) is 1. The molecule has 0 heterocycles. The van der Waals surface area contributed by atoms with E-state index in [1.54, 1.807) is 25.9 Å². The Morgan fingerprint density at radius 2 is 1.90 bits per heavy atom. The van der Waals surface area contributed by atoms with Crippen LogP contribution in [-0.4, -0.2) is 43.6 Å². The number of carbonyl (C=O) groups is 3. The van der Waals surface area contributed by atoms with E-state index in [4.69, 9.17) is 0 Å². The van der Waals surface area contributed by atoms with E-state index in [-0.39, 0.29) is 30.1 Å². The van der Waals surface area contributed by atoms with Gasteiger partial charge in [0.05, 0.1) is 0 Å². The molecule has 114 valence electrons. The Morgan fingerprint density at radius 3 is 2.40 bits per heavy atom. The van der Waals surface area contributed by atoms with Crippen molar-refractivity contribution in [3.63, 3.8) is 0 Å². The van der Waals surface area contributed by atoms with E-state index in [0.29, 0.717) is 5.92 Å². The summed E-state index contributed by atoms with van der Waals surface area (Å²) in [6.45, 7) is 2.51. The van der Waals surface area contributed by atoms with Gasteiger partial charge in [0.25, 0.3) is 0 Å². The highest BCUT2D eigenvalue weighted by molar-refractivity contribution is 5.80. The molecular weight excluding hydrogens is 256 g/mol. The second-order valence-corrected chi connectivity index (χ2v) is 5.85. The van der Waals surface area contributed by atoms with E-state index in [2.05, 4.69) is 5.32 Å². The zero-order valence-electron chi connectivity index (χ0n) is 12.7. The summed E-state index contributed by atoms with van der Waals surface area (Å²) in [4.78, 5) is 35.8. The molecule has 1 fully saturated rings. The quantitative estimate of drug-likeness (QED) is 0.745. The Morgan fingerprint density at radius 1 is 1.30 bits per heavy atom. The largest absolute Gasteiger partial charge is 0.359 e. The van der Waals surface area contributed by atoms with Gasteiger partial charge in [0.2, 0.25) is 11.8 Å². The van der Waals surface area contributed by atoms with Crippen LogP contribution in [0.25, 0.3) is 0 Å². The van der Waals surface area contributed by atoms with Crippen molar-refractivity contribution in [1.29, 1.82) is 0 Å². The van der Waals surface area contributed by atoms with E-state index in [0.717, 1.165) is 38.5 Å². The van der Waals surface area contributed by atoms with Crippen molar-refractivity contribution in [2.45, 2.75) is 39.0 Å². The zero-order chi connectivity index (χ0) is 15.1. The number of hydrogen-bond donors (Lipinski definition) is 1. The Labute approximate surface area is 121 Å². The summed E-state index contributed by atoms with van der Waals surface area (Å²) >= 11 is 0. The summed E-state index contributed by atoms with van der Waals surface area (Å²) in [5.41, 5.74) is 0. The van der Waals surface area contributed by atoms with Crippen LogP contribution in [0.15, 0.2) is 0 Å². The first kappa shape index (κ1) is 16.7. The normalized spacial score (nSPS) is 23.8. The minimum atomic E-state index is -0.236. The second kappa shape index (κ2) is 8.02. The Bertz CT molecular complexity index is 349. The van der Waals surface area contributed by atoms with E-state index >= 15 is 0 Å². The van der Waals surface area contributed by atoms with Gasteiger partial charge in [-0.1, -0.05) is 6.92 Å². The lowest BCUT2D eigenvalue weighted by atomic mass is 9.81. The summed E-state index contributed by atoms with van der Waals surface area (Å²) in [5.74, 6) is 0.525. The molecule has 1 rings (SSSR count). The molecule has 1 N–H and O–H groups in total. The van der Waals surface area contributed by atoms with Crippen molar-refractivity contribution in [3.8, 4) is 0 Å². The van der Waals surface area contributed by atoms with Gasteiger partial charge in [-0.2, -0.15) is 0 Å². The monoisotopic (exact) mass is 282 g/mol. The van der Waals surface area contributed by atoms with Crippen LogP contribution in [-0.2, 0) is 14.4 Å². The fourth-order valence-electron chi connectivity index (χ4n) is 2.91. The van der Waals surface area contributed by atoms with E-state index in [1.807, 2.05) is 0 Å². The minimum absolute atomic E-state index is 0.0329. The van der Waals surface area contributed by atoms with Gasteiger partial charge in [0.15, 0.2) is 0 Å². The Balaban J connectivity index is 2.37. The maximum atomic E-state index is 12.0. The summed E-state index contributed by atoms with van der Waals surface area (Å²) in [7, 11) is 3.48. The molecule has 1 saturated carbocycles. The molecule has 0 aromatic rings. The number of carbonyl (C=O) groups excluding carboxylic acids is 3. The number of amides is 2. The first-order chi connectivity index (χ1) is 9.49. The third-order valence-corrected chi connectivity index (χ3v) is 4.24. The standard InChI is InChI=1S/C15H26N2O3/c1-11(8-9-18)15(20)17(3)10-12-4-6-13(7-5-12)14(19)16-2/h9,11-13H,4-8,10H2,1-3H3,(H,16,19). The van der Waals surface area contributed by atoms with Crippen molar-refractivity contribution in [1.82, 2.24) is 10.2 Å². The smallest absolute Gasteiger partial charge is 0.225 e. The number of nitrogens with one attached hydrogen (secondary N) is 1. The highest BCUT2D eigenvalue weighted by Crippen LogP contribution is 2.29. The van der Waals surface area contributed by atoms with Gasteiger partial charge in [-0.15, -0.1) is 0 Å². The van der Waals surface area contributed by atoms with Crippen molar-refractivity contribution in [2.75, 3.05) is 20.6 Å². The average molecular weight is 282 g/mol. The number of aldehydes is 1. The molecule has 0 radical (unpaired) electrons. The molecule has 0 aromatic carbocycles. The number of hydrogen-bond acceptors (Lipinski definition) is 3. The first-order valence-corrected chi connectivity index (χ1v) is 7.39. The highest BCUT2D eigenvalue weighted by atomic mass is 16.2. The zero-order valence-corrected chi connectivity index (χ0v) is 12.7. The molecule has 5 heteroatoms. The van der Waals surface area contributed by atoms with Gasteiger partial charge >= 0.3 is 0 Å². The lowest BCUT2D eigenvalue weighted by Crippen LogP contribution is -2.38. The second-order valence-electron chi connectivity index (χ2n) is 5.85. The molecule has 0 saturated heterocycles. The maximum absolute atomic E-state index is 12.0. The van der Waals surface area contributed by atoms with Gasteiger partial charge in [0.1, 0.15) is 6.29 Å². The lowest BCUT2D eigenvalue weighted by molar-refractivity contribution is -0.136. The molecule has 0 aromatic heterocycles. The van der Waals surface area contributed by atoms with Crippen LogP contribution in [0.5, 0.6) is 0 Å². The first-order valence-electron chi connectivity index (χ1n) is 7.39. The third kappa shape index (κ3) is 4.62. The van der Waals surface area contributed by atoms with Crippen LogP contribution in [0, 0.1) is 17.8 Å². The van der Waals surface area contributed by atoms with E-state index in [1.165, 1.54) is 0 Å². The molecule has 1 atom stereocenters. The average Bonchev–Trinajstić information content (AvgIpc) is 2.46. The molecule has 1 aliphatic carbocycles. The Kier molecular flexibility index (Phi) is 6.68. The predicted octanol–water partition coefficient (Wildman–Crippen LogP) is 1.22. The van der Waals surface area contributed by atoms with Gasteiger partial charge in [-0.05, 0) is 31.6 Å². The molecule has 1 aliphatic rings. The van der Waals surface area contributed by atoms with Crippen molar-refractivity contribution in [3.05, 3.63) is 0 Å². The molecule has 0 aliphatic heterocycles. The fraction of sp³-hybridized carbons (Fsp3) is 0.800. The van der Waals surface area contributed by atoms with E-state index < -0.39 is 0 Å². The van der Waals surface area contributed by atoms with Crippen molar-refractivity contribution < 1.29 is 14.4 Å². The molecule has 1 unspecified atom stereocenters. The predicted molar refractivity (Wildman–Crippen MR) is 77.0 cm³/mol. The molecule has 2 amide bonds. The van der Waals surface area contributed by atoms with E-state index in [9.17, 15) is 14.4 Å². The molecule has 20 heavy (non-hydrogen) atoms. The van der Waals surface area contributed by atoms with Crippen LogP contribution in [0.4, 0.5) is 0 Å². The van der Waals surface area contributed by atoms with Crippen LogP contribution in [0.1, 0.15) is 39.0 Å². The SMILES string of the molecule is CNC(=O)C1CCC(CN(C)C(=O)C(C)CC=O)CC1. The Hall–Kier alpha value is -1.39. The summed E-state index contributed by atoms with van der Waals surface area (Å²) in [5, 5.41) is 2.70. The van der Waals surface area contributed by atoms with Crippen LogP contribution >= 0.6 is 0 Å². The maximum Gasteiger partial charge on any atom is 0.225 e. The van der Waals surface area contributed by atoms with Crippen LogP contribution in [0.3, 0.4) is 0 Å². The topological polar surface area (TPSA) is 66.5 Å². The molecule has 0 spiro atoms. The highest BCUT2D eigenvalue weighted by Gasteiger charge is 2.27. The lowest BCUT2D eigenvalue weighted by Gasteiger charge is -2.31. The van der Waals surface area contributed by atoms with Gasteiger partial charge < -0.3 is 15.0 Å². The summed E-state index contributed by atoms with van der Waals surface area (Å²) in [6, 6.07) is 0. The van der Waals surface area contributed by atoms with Crippen molar-refractivity contribution in [2.24, 2.45) is 17.8 Å². The molecule has 0 bridgehead atoms.